The molecule has 3 heterocycles. The molecule has 0 atom stereocenters. The van der Waals surface area contributed by atoms with Gasteiger partial charge in [0.05, 0.1) is 11.4 Å². The standard InChI is InChI=1S/C22H23N5O2/c1-2-6-15(7-3-1)25-22-26-18(17-8-4-5-11-23-17)13-21(27-22)24-16-9-10-19-20(12-16)29-14-28-19/h4-5,8-13,15H,1-3,6-7,14H2,(H2,24,25,26,27). The molecule has 0 unspecified atom stereocenters. The molecule has 148 valence electrons. The fourth-order valence-electron chi connectivity index (χ4n) is 3.77. The van der Waals surface area contributed by atoms with Crippen LogP contribution in [0.25, 0.3) is 11.4 Å². The molecular formula is C22H23N5O2. The van der Waals surface area contributed by atoms with Crippen LogP contribution in [0.15, 0.2) is 48.7 Å². The summed E-state index contributed by atoms with van der Waals surface area (Å²) in [5.41, 5.74) is 2.47. The van der Waals surface area contributed by atoms with E-state index in [1.807, 2.05) is 42.5 Å². The molecule has 0 amide bonds. The van der Waals surface area contributed by atoms with Crippen molar-refractivity contribution in [1.29, 1.82) is 0 Å². The zero-order chi connectivity index (χ0) is 19.5. The summed E-state index contributed by atoms with van der Waals surface area (Å²) >= 11 is 0. The van der Waals surface area contributed by atoms with E-state index in [9.17, 15) is 0 Å². The van der Waals surface area contributed by atoms with E-state index in [2.05, 4.69) is 15.6 Å². The molecule has 1 aliphatic heterocycles. The van der Waals surface area contributed by atoms with Crippen LogP contribution in [-0.2, 0) is 0 Å². The van der Waals surface area contributed by atoms with Gasteiger partial charge in [0.2, 0.25) is 12.7 Å². The average Bonchev–Trinajstić information content (AvgIpc) is 3.23. The summed E-state index contributed by atoms with van der Waals surface area (Å²) < 4.78 is 10.9. The normalized spacial score (nSPS) is 15.9. The number of hydrogen-bond donors (Lipinski definition) is 2. The second-order valence-electron chi connectivity index (χ2n) is 7.35. The maximum Gasteiger partial charge on any atom is 0.231 e. The topological polar surface area (TPSA) is 81.2 Å². The van der Waals surface area contributed by atoms with Gasteiger partial charge in [-0.15, -0.1) is 0 Å². The average molecular weight is 389 g/mol. The summed E-state index contributed by atoms with van der Waals surface area (Å²) in [4.78, 5) is 13.9. The minimum Gasteiger partial charge on any atom is -0.454 e. The zero-order valence-corrected chi connectivity index (χ0v) is 16.1. The molecule has 2 aromatic heterocycles. The van der Waals surface area contributed by atoms with Gasteiger partial charge in [-0.2, -0.15) is 4.98 Å². The number of aromatic nitrogens is 3. The Morgan fingerprint density at radius 1 is 0.862 bits per heavy atom. The largest absolute Gasteiger partial charge is 0.454 e. The van der Waals surface area contributed by atoms with Crippen LogP contribution < -0.4 is 20.1 Å². The molecule has 29 heavy (non-hydrogen) atoms. The number of nitrogens with zero attached hydrogens (tertiary/aromatic N) is 3. The number of anilines is 3. The van der Waals surface area contributed by atoms with E-state index in [1.54, 1.807) is 6.20 Å². The first-order chi connectivity index (χ1) is 14.3. The Balaban J connectivity index is 1.45. The summed E-state index contributed by atoms with van der Waals surface area (Å²) in [6.07, 6.45) is 7.89. The monoisotopic (exact) mass is 389 g/mol. The highest BCUT2D eigenvalue weighted by Crippen LogP contribution is 2.35. The quantitative estimate of drug-likeness (QED) is 0.651. The molecule has 1 fully saturated rings. The van der Waals surface area contributed by atoms with Gasteiger partial charge >= 0.3 is 0 Å². The molecule has 7 heteroatoms. The molecule has 3 aromatic rings. The van der Waals surface area contributed by atoms with E-state index in [1.165, 1.54) is 19.3 Å². The smallest absolute Gasteiger partial charge is 0.231 e. The van der Waals surface area contributed by atoms with Crippen molar-refractivity contribution in [2.75, 3.05) is 17.4 Å². The van der Waals surface area contributed by atoms with Gasteiger partial charge in [0.15, 0.2) is 11.5 Å². The van der Waals surface area contributed by atoms with Crippen LogP contribution in [0.5, 0.6) is 11.5 Å². The highest BCUT2D eigenvalue weighted by Gasteiger charge is 2.17. The Kier molecular flexibility index (Phi) is 4.86. The molecule has 1 saturated carbocycles. The third kappa shape index (κ3) is 4.08. The van der Waals surface area contributed by atoms with E-state index in [0.29, 0.717) is 17.8 Å². The predicted molar refractivity (Wildman–Crippen MR) is 112 cm³/mol. The minimum atomic E-state index is 0.256. The number of nitrogens with one attached hydrogen (secondary N) is 2. The molecule has 7 nitrogen and oxygen atoms in total. The first-order valence-electron chi connectivity index (χ1n) is 10.1. The number of hydrogen-bond acceptors (Lipinski definition) is 7. The number of pyridine rings is 1. The molecule has 0 bridgehead atoms. The lowest BCUT2D eigenvalue weighted by molar-refractivity contribution is 0.174. The Bertz CT molecular complexity index is 990. The van der Waals surface area contributed by atoms with Gasteiger partial charge in [-0.1, -0.05) is 25.3 Å². The Morgan fingerprint density at radius 3 is 2.62 bits per heavy atom. The number of benzene rings is 1. The van der Waals surface area contributed by atoms with Crippen molar-refractivity contribution >= 4 is 17.5 Å². The molecule has 1 aromatic carbocycles. The van der Waals surface area contributed by atoms with Gasteiger partial charge in [0.25, 0.3) is 0 Å². The van der Waals surface area contributed by atoms with Crippen molar-refractivity contribution in [3.63, 3.8) is 0 Å². The fraction of sp³-hybridized carbons (Fsp3) is 0.318. The second-order valence-corrected chi connectivity index (χ2v) is 7.35. The van der Waals surface area contributed by atoms with Crippen molar-refractivity contribution in [2.45, 2.75) is 38.1 Å². The first kappa shape index (κ1) is 17.7. The molecule has 2 N–H and O–H groups in total. The number of ether oxygens (including phenoxy) is 2. The lowest BCUT2D eigenvalue weighted by Gasteiger charge is -2.23. The van der Waals surface area contributed by atoms with E-state index in [0.717, 1.165) is 41.4 Å². The number of rotatable bonds is 5. The molecular weight excluding hydrogens is 366 g/mol. The van der Waals surface area contributed by atoms with Crippen LogP contribution in [-0.4, -0.2) is 27.8 Å². The first-order valence-corrected chi connectivity index (χ1v) is 10.1. The molecule has 0 saturated heterocycles. The van der Waals surface area contributed by atoms with Gasteiger partial charge in [-0.05, 0) is 37.1 Å². The molecule has 1 aliphatic carbocycles. The van der Waals surface area contributed by atoms with Crippen molar-refractivity contribution < 1.29 is 9.47 Å². The molecule has 0 spiro atoms. The SMILES string of the molecule is c1ccc(-c2cc(Nc3ccc4c(c3)OCO4)nc(NC3CCCCC3)n2)nc1. The third-order valence-corrected chi connectivity index (χ3v) is 5.24. The lowest BCUT2D eigenvalue weighted by Crippen LogP contribution is -2.23. The Morgan fingerprint density at radius 2 is 1.76 bits per heavy atom. The van der Waals surface area contributed by atoms with Gasteiger partial charge in [-0.3, -0.25) is 4.98 Å². The Labute approximate surface area is 169 Å². The molecule has 0 radical (unpaired) electrons. The fourth-order valence-corrected chi connectivity index (χ4v) is 3.77. The van der Waals surface area contributed by atoms with Gasteiger partial charge in [-0.25, -0.2) is 4.98 Å². The summed E-state index contributed by atoms with van der Waals surface area (Å²) in [5.74, 6) is 2.82. The summed E-state index contributed by atoms with van der Waals surface area (Å²) in [5, 5.41) is 6.89. The maximum absolute atomic E-state index is 5.48. The van der Waals surface area contributed by atoms with Gasteiger partial charge in [0.1, 0.15) is 5.82 Å². The van der Waals surface area contributed by atoms with E-state index in [-0.39, 0.29) is 6.79 Å². The molecule has 2 aliphatic rings. The van der Waals surface area contributed by atoms with Gasteiger partial charge in [0, 0.05) is 30.1 Å². The second kappa shape index (κ2) is 7.95. The van der Waals surface area contributed by atoms with Crippen molar-refractivity contribution in [3.05, 3.63) is 48.7 Å². The number of fused-ring (bicyclic) bond motifs is 1. The van der Waals surface area contributed by atoms with Crippen molar-refractivity contribution in [1.82, 2.24) is 15.0 Å². The summed E-state index contributed by atoms with van der Waals surface area (Å²) in [6, 6.07) is 13.9. The van der Waals surface area contributed by atoms with Crippen LogP contribution in [0.2, 0.25) is 0 Å². The predicted octanol–water partition coefficient (Wildman–Crippen LogP) is 4.76. The summed E-state index contributed by atoms with van der Waals surface area (Å²) in [6.45, 7) is 0.256. The van der Waals surface area contributed by atoms with Gasteiger partial charge < -0.3 is 20.1 Å². The van der Waals surface area contributed by atoms with Crippen LogP contribution >= 0.6 is 0 Å². The van der Waals surface area contributed by atoms with E-state index >= 15 is 0 Å². The zero-order valence-electron chi connectivity index (χ0n) is 16.1. The highest BCUT2D eigenvalue weighted by atomic mass is 16.7. The van der Waals surface area contributed by atoms with Crippen molar-refractivity contribution in [2.24, 2.45) is 0 Å². The van der Waals surface area contributed by atoms with Crippen LogP contribution in [0, 0.1) is 0 Å². The lowest BCUT2D eigenvalue weighted by atomic mass is 9.96. The Hall–Kier alpha value is -3.35. The maximum atomic E-state index is 5.48. The van der Waals surface area contributed by atoms with Crippen LogP contribution in [0.3, 0.4) is 0 Å². The summed E-state index contributed by atoms with van der Waals surface area (Å²) in [7, 11) is 0. The minimum absolute atomic E-state index is 0.256. The van der Waals surface area contributed by atoms with E-state index in [4.69, 9.17) is 19.4 Å². The van der Waals surface area contributed by atoms with Crippen molar-refractivity contribution in [3.8, 4) is 22.9 Å². The van der Waals surface area contributed by atoms with Crippen LogP contribution in [0.4, 0.5) is 17.5 Å². The molecule has 5 rings (SSSR count). The van der Waals surface area contributed by atoms with Crippen LogP contribution in [0.1, 0.15) is 32.1 Å². The highest BCUT2D eigenvalue weighted by molar-refractivity contribution is 5.67. The van der Waals surface area contributed by atoms with E-state index < -0.39 is 0 Å². The third-order valence-electron chi connectivity index (χ3n) is 5.24.